The van der Waals surface area contributed by atoms with Crippen LogP contribution in [-0.4, -0.2) is 10.9 Å². The van der Waals surface area contributed by atoms with Gasteiger partial charge in [-0.1, -0.05) is 41.6 Å². The van der Waals surface area contributed by atoms with Crippen LogP contribution in [0.2, 0.25) is 0 Å². The van der Waals surface area contributed by atoms with Gasteiger partial charge in [-0.05, 0) is 36.8 Å². The van der Waals surface area contributed by atoms with Gasteiger partial charge in [0.05, 0.1) is 15.8 Å². The number of aryl methyl sites for hydroxylation is 1. The summed E-state index contributed by atoms with van der Waals surface area (Å²) in [6, 6.07) is 12.2. The molecule has 0 aromatic heterocycles. The summed E-state index contributed by atoms with van der Waals surface area (Å²) in [6.45, 7) is 1.97. The fourth-order valence-electron chi connectivity index (χ4n) is 1.76. The van der Waals surface area contributed by atoms with Gasteiger partial charge in [0.1, 0.15) is 0 Å². The molecule has 0 N–H and O–H groups in total. The molecule has 0 saturated heterocycles. The molecule has 0 aliphatic heterocycles. The van der Waals surface area contributed by atoms with Crippen LogP contribution in [0.25, 0.3) is 6.08 Å². The van der Waals surface area contributed by atoms with E-state index in [0.717, 1.165) is 16.5 Å². The quantitative estimate of drug-likeness (QED) is 0.481. The van der Waals surface area contributed by atoms with E-state index in [1.807, 2.05) is 31.2 Å². The third-order valence-corrected chi connectivity index (χ3v) is 3.91. The maximum Gasteiger partial charge on any atom is 0.283 e. The van der Waals surface area contributed by atoms with Crippen molar-refractivity contribution in [3.05, 3.63) is 69.8 Å². The van der Waals surface area contributed by atoms with E-state index in [9.17, 15) is 20.0 Å². The molecular weight excluding hydrogens is 302 g/mol. The van der Waals surface area contributed by atoms with Crippen molar-refractivity contribution in [3.8, 4) is 0 Å². The largest absolute Gasteiger partial charge is 0.545 e. The average Bonchev–Trinajstić information content (AvgIpc) is 2.48. The Morgan fingerprint density at radius 1 is 1.18 bits per heavy atom. The molecule has 0 atom stereocenters. The summed E-state index contributed by atoms with van der Waals surface area (Å²) in [5, 5.41) is 21.6. The second-order valence-corrected chi connectivity index (χ2v) is 5.67. The fourth-order valence-corrected chi connectivity index (χ4v) is 2.66. The highest BCUT2D eigenvalue weighted by Gasteiger charge is 2.15. The summed E-state index contributed by atoms with van der Waals surface area (Å²) >= 11 is 1.29. The highest BCUT2D eigenvalue weighted by molar-refractivity contribution is 7.99. The fraction of sp³-hybridized carbons (Fsp3) is 0.0625. The molecule has 112 valence electrons. The second-order valence-electron chi connectivity index (χ2n) is 4.55. The van der Waals surface area contributed by atoms with E-state index in [-0.39, 0.29) is 5.69 Å². The number of nitrogens with zero attached hydrogens (tertiary/aromatic N) is 1. The van der Waals surface area contributed by atoms with Gasteiger partial charge in [-0.2, -0.15) is 0 Å². The molecule has 0 aliphatic carbocycles. The number of rotatable bonds is 5. The third-order valence-electron chi connectivity index (χ3n) is 2.84. The molecule has 0 fully saturated rings. The highest BCUT2D eigenvalue weighted by atomic mass is 32.2. The van der Waals surface area contributed by atoms with Gasteiger partial charge in [0.25, 0.3) is 5.69 Å². The number of carboxylic acids is 1. The van der Waals surface area contributed by atoms with Crippen molar-refractivity contribution >= 4 is 29.5 Å². The molecule has 6 heteroatoms. The Labute approximate surface area is 131 Å². The number of aliphatic carboxylic acids is 1. The van der Waals surface area contributed by atoms with Crippen molar-refractivity contribution in [2.45, 2.75) is 16.7 Å². The predicted molar refractivity (Wildman–Crippen MR) is 82.4 cm³/mol. The first kappa shape index (κ1) is 15.8. The number of benzene rings is 2. The molecule has 5 nitrogen and oxygen atoms in total. The van der Waals surface area contributed by atoms with Crippen molar-refractivity contribution < 1.29 is 14.8 Å². The van der Waals surface area contributed by atoms with E-state index in [1.165, 1.54) is 23.9 Å². The average molecular weight is 314 g/mol. The summed E-state index contributed by atoms with van der Waals surface area (Å²) in [5.41, 5.74) is 1.48. The normalized spacial score (nSPS) is 10.8. The number of carbonyl (C=O) groups excluding carboxylic acids is 1. The molecule has 0 aliphatic rings. The molecule has 0 bridgehead atoms. The SMILES string of the molecule is Cc1ccc(Sc2ccc(/C=C/C(=O)[O-])cc2[N+](=O)[O-])cc1. The number of nitro benzene ring substituents is 1. The maximum absolute atomic E-state index is 11.2. The Morgan fingerprint density at radius 3 is 2.45 bits per heavy atom. The van der Waals surface area contributed by atoms with E-state index in [0.29, 0.717) is 10.5 Å². The third kappa shape index (κ3) is 4.20. The summed E-state index contributed by atoms with van der Waals surface area (Å²) in [5.74, 6) is -1.35. The Kier molecular flexibility index (Phi) is 4.95. The van der Waals surface area contributed by atoms with Crippen LogP contribution < -0.4 is 5.11 Å². The highest BCUT2D eigenvalue weighted by Crippen LogP contribution is 2.35. The summed E-state index contributed by atoms with van der Waals surface area (Å²) in [7, 11) is 0. The topological polar surface area (TPSA) is 83.3 Å². The lowest BCUT2D eigenvalue weighted by Gasteiger charge is -2.05. The predicted octanol–water partition coefficient (Wildman–Crippen LogP) is 2.82. The Hall–Kier alpha value is -2.60. The monoisotopic (exact) mass is 314 g/mol. The van der Waals surface area contributed by atoms with E-state index in [4.69, 9.17) is 0 Å². The lowest BCUT2D eigenvalue weighted by molar-refractivity contribution is -0.387. The van der Waals surface area contributed by atoms with Gasteiger partial charge < -0.3 is 9.90 Å². The van der Waals surface area contributed by atoms with Gasteiger partial charge in [-0.25, -0.2) is 0 Å². The van der Waals surface area contributed by atoms with E-state index in [2.05, 4.69) is 0 Å². The molecule has 0 spiro atoms. The minimum absolute atomic E-state index is 0.0638. The van der Waals surface area contributed by atoms with Crippen molar-refractivity contribution in [2.24, 2.45) is 0 Å². The van der Waals surface area contributed by atoms with Crippen LogP contribution in [0.3, 0.4) is 0 Å². The molecule has 0 amide bonds. The van der Waals surface area contributed by atoms with Crippen molar-refractivity contribution in [1.29, 1.82) is 0 Å². The van der Waals surface area contributed by atoms with Crippen molar-refractivity contribution in [1.82, 2.24) is 0 Å². The van der Waals surface area contributed by atoms with Crippen molar-refractivity contribution in [3.63, 3.8) is 0 Å². The second kappa shape index (κ2) is 6.91. The van der Waals surface area contributed by atoms with Gasteiger partial charge in [0.2, 0.25) is 0 Å². The number of hydrogen-bond acceptors (Lipinski definition) is 5. The molecule has 0 heterocycles. The van der Waals surface area contributed by atoms with Crippen LogP contribution >= 0.6 is 11.8 Å². The minimum Gasteiger partial charge on any atom is -0.545 e. The lowest BCUT2D eigenvalue weighted by Crippen LogP contribution is -2.18. The van der Waals surface area contributed by atoms with Gasteiger partial charge in [0, 0.05) is 11.0 Å². The summed E-state index contributed by atoms with van der Waals surface area (Å²) < 4.78 is 0. The maximum atomic E-state index is 11.2. The Balaban J connectivity index is 2.32. The van der Waals surface area contributed by atoms with E-state index < -0.39 is 10.9 Å². The first-order chi connectivity index (χ1) is 10.5. The van der Waals surface area contributed by atoms with Crippen molar-refractivity contribution in [2.75, 3.05) is 0 Å². The molecule has 2 aromatic carbocycles. The first-order valence-corrected chi connectivity index (χ1v) is 7.19. The van der Waals surface area contributed by atoms with Crippen LogP contribution in [-0.2, 0) is 4.79 Å². The number of carbonyl (C=O) groups is 1. The number of carboxylic acid groups (broad SMARTS) is 1. The van der Waals surface area contributed by atoms with Crippen LogP contribution in [0.4, 0.5) is 5.69 Å². The van der Waals surface area contributed by atoms with Crippen LogP contribution in [0.15, 0.2) is 58.3 Å². The molecule has 2 rings (SSSR count). The molecular formula is C16H12NO4S-. The van der Waals surface area contributed by atoms with Gasteiger partial charge >= 0.3 is 0 Å². The van der Waals surface area contributed by atoms with Gasteiger partial charge in [-0.15, -0.1) is 0 Å². The van der Waals surface area contributed by atoms with Crippen LogP contribution in [0.5, 0.6) is 0 Å². The van der Waals surface area contributed by atoms with Gasteiger partial charge in [-0.3, -0.25) is 10.1 Å². The van der Waals surface area contributed by atoms with E-state index in [1.54, 1.807) is 12.1 Å². The smallest absolute Gasteiger partial charge is 0.283 e. The molecule has 22 heavy (non-hydrogen) atoms. The Morgan fingerprint density at radius 2 is 1.86 bits per heavy atom. The van der Waals surface area contributed by atoms with E-state index >= 15 is 0 Å². The molecule has 0 radical (unpaired) electrons. The molecule has 0 unspecified atom stereocenters. The van der Waals surface area contributed by atoms with Gasteiger partial charge in [0.15, 0.2) is 0 Å². The zero-order chi connectivity index (χ0) is 16.1. The zero-order valence-electron chi connectivity index (χ0n) is 11.7. The minimum atomic E-state index is -1.35. The standard InChI is InChI=1S/C16H13NO4S/c1-11-2-6-13(7-3-11)22-15-8-4-12(5-9-16(18)19)10-14(15)17(20)21/h2-10H,1H3,(H,18,19)/p-1/b9-5+. The summed E-state index contributed by atoms with van der Waals surface area (Å²) in [6.07, 6.45) is 2.11. The Bertz CT molecular complexity index is 738. The molecule has 0 saturated carbocycles. The zero-order valence-corrected chi connectivity index (χ0v) is 12.5. The van der Waals surface area contributed by atoms with Crippen LogP contribution in [0, 0.1) is 17.0 Å². The molecule has 2 aromatic rings. The van der Waals surface area contributed by atoms with Crippen LogP contribution in [0.1, 0.15) is 11.1 Å². The summed E-state index contributed by atoms with van der Waals surface area (Å²) in [4.78, 5) is 22.5. The first-order valence-electron chi connectivity index (χ1n) is 6.38. The number of nitro groups is 1. The lowest BCUT2D eigenvalue weighted by atomic mass is 10.2. The number of hydrogen-bond donors (Lipinski definition) is 0.